The highest BCUT2D eigenvalue weighted by Crippen LogP contribution is 2.24. The molecule has 7 heteroatoms. The summed E-state index contributed by atoms with van der Waals surface area (Å²) in [5.41, 5.74) is 1.91. The first kappa shape index (κ1) is 18.3. The number of ketones is 1. The molecule has 1 heterocycles. The Bertz CT molecular complexity index is 982. The van der Waals surface area contributed by atoms with Crippen LogP contribution in [0.5, 0.6) is 5.75 Å². The molecular formula is C19H16Cl2N2O3. The molecule has 3 aromatic rings. The summed E-state index contributed by atoms with van der Waals surface area (Å²) in [6, 6.07) is 10.5. The summed E-state index contributed by atoms with van der Waals surface area (Å²) in [4.78, 5) is 27.6. The molecule has 0 bridgehead atoms. The first-order valence-corrected chi connectivity index (χ1v) is 8.67. The second kappa shape index (κ2) is 7.81. The molecular weight excluding hydrogens is 375 g/mol. The Morgan fingerprint density at radius 2 is 1.96 bits per heavy atom. The minimum Gasteiger partial charge on any atom is -0.497 e. The first-order valence-electron chi connectivity index (χ1n) is 7.91. The van der Waals surface area contributed by atoms with Crippen molar-refractivity contribution in [2.45, 2.75) is 6.42 Å². The molecule has 2 aromatic carbocycles. The van der Waals surface area contributed by atoms with E-state index >= 15 is 0 Å². The molecule has 1 amide bonds. The zero-order valence-corrected chi connectivity index (χ0v) is 15.4. The second-order valence-corrected chi connectivity index (χ2v) is 6.53. The van der Waals surface area contributed by atoms with Crippen LogP contribution in [0.4, 0.5) is 0 Å². The third-order valence-electron chi connectivity index (χ3n) is 4.03. The predicted octanol–water partition coefficient (Wildman–Crippen LogP) is 4.02. The Balaban J connectivity index is 1.67. The third kappa shape index (κ3) is 3.84. The van der Waals surface area contributed by atoms with E-state index in [9.17, 15) is 9.59 Å². The number of amides is 1. The number of fused-ring (bicyclic) bond motifs is 1. The van der Waals surface area contributed by atoms with Crippen molar-refractivity contribution in [3.05, 3.63) is 63.8 Å². The van der Waals surface area contributed by atoms with Gasteiger partial charge in [0, 0.05) is 33.7 Å². The summed E-state index contributed by atoms with van der Waals surface area (Å²) in [6.45, 7) is 0.289. The van der Waals surface area contributed by atoms with Crippen LogP contribution in [0, 0.1) is 0 Å². The van der Waals surface area contributed by atoms with E-state index in [0.717, 1.165) is 11.1 Å². The van der Waals surface area contributed by atoms with E-state index in [1.807, 2.05) is 0 Å². The zero-order chi connectivity index (χ0) is 18.7. The number of methoxy groups -OCH3 is 1. The van der Waals surface area contributed by atoms with E-state index in [2.05, 4.69) is 10.3 Å². The van der Waals surface area contributed by atoms with Crippen molar-refractivity contribution in [1.29, 1.82) is 0 Å². The molecule has 2 N–H and O–H groups in total. The SMILES string of the molecule is COc1ccc2[nH]cc(C(=O)C(=O)NCCc3ccc(Cl)cc3Cl)c2c1. The van der Waals surface area contributed by atoms with Crippen molar-refractivity contribution in [3.63, 3.8) is 0 Å². The first-order chi connectivity index (χ1) is 12.5. The molecule has 0 radical (unpaired) electrons. The van der Waals surface area contributed by atoms with Crippen LogP contribution in [0.15, 0.2) is 42.6 Å². The van der Waals surface area contributed by atoms with Gasteiger partial charge < -0.3 is 15.0 Å². The predicted molar refractivity (Wildman–Crippen MR) is 102 cm³/mol. The fourth-order valence-electron chi connectivity index (χ4n) is 2.65. The highest BCUT2D eigenvalue weighted by Gasteiger charge is 2.20. The van der Waals surface area contributed by atoms with Gasteiger partial charge in [-0.2, -0.15) is 0 Å². The maximum atomic E-state index is 12.5. The lowest BCUT2D eigenvalue weighted by molar-refractivity contribution is -0.116. The van der Waals surface area contributed by atoms with Gasteiger partial charge in [-0.15, -0.1) is 0 Å². The molecule has 3 rings (SSSR count). The van der Waals surface area contributed by atoms with Gasteiger partial charge in [0.1, 0.15) is 5.75 Å². The maximum Gasteiger partial charge on any atom is 0.292 e. The molecule has 0 aliphatic carbocycles. The van der Waals surface area contributed by atoms with Crippen LogP contribution in [0.1, 0.15) is 15.9 Å². The summed E-state index contributed by atoms with van der Waals surface area (Å²) < 4.78 is 5.17. The number of rotatable bonds is 6. The fraction of sp³-hybridized carbons (Fsp3) is 0.158. The van der Waals surface area contributed by atoms with Gasteiger partial charge in [-0.05, 0) is 42.3 Å². The van der Waals surface area contributed by atoms with Gasteiger partial charge in [0.2, 0.25) is 0 Å². The molecule has 0 spiro atoms. The smallest absolute Gasteiger partial charge is 0.292 e. The van der Waals surface area contributed by atoms with Crippen LogP contribution in [0.3, 0.4) is 0 Å². The molecule has 134 valence electrons. The van der Waals surface area contributed by atoms with E-state index in [1.165, 1.54) is 6.20 Å². The van der Waals surface area contributed by atoms with Crippen molar-refractivity contribution >= 4 is 45.8 Å². The average Bonchev–Trinajstić information content (AvgIpc) is 3.05. The highest BCUT2D eigenvalue weighted by molar-refractivity contribution is 6.45. The molecule has 0 fully saturated rings. The highest BCUT2D eigenvalue weighted by atomic mass is 35.5. The number of aromatic nitrogens is 1. The Hall–Kier alpha value is -2.50. The lowest BCUT2D eigenvalue weighted by Crippen LogP contribution is -2.32. The number of benzene rings is 2. The Morgan fingerprint density at radius 3 is 2.69 bits per heavy atom. The van der Waals surface area contributed by atoms with E-state index in [4.69, 9.17) is 27.9 Å². The van der Waals surface area contributed by atoms with Gasteiger partial charge in [0.15, 0.2) is 0 Å². The monoisotopic (exact) mass is 390 g/mol. The number of Topliss-reactive ketones (excluding diaryl/α,β-unsaturated/α-hetero) is 1. The van der Waals surface area contributed by atoms with Gasteiger partial charge in [-0.25, -0.2) is 0 Å². The van der Waals surface area contributed by atoms with Crippen LogP contribution in [-0.2, 0) is 11.2 Å². The molecule has 1 aromatic heterocycles. The molecule has 0 unspecified atom stereocenters. The van der Waals surface area contributed by atoms with Crippen LogP contribution in [0.2, 0.25) is 10.0 Å². The lowest BCUT2D eigenvalue weighted by Gasteiger charge is -2.07. The number of hydrogen-bond donors (Lipinski definition) is 2. The largest absolute Gasteiger partial charge is 0.497 e. The average molecular weight is 391 g/mol. The topological polar surface area (TPSA) is 71.2 Å². The second-order valence-electron chi connectivity index (χ2n) is 5.68. The maximum absolute atomic E-state index is 12.5. The molecule has 0 saturated heterocycles. The van der Waals surface area contributed by atoms with Crippen LogP contribution in [0.25, 0.3) is 10.9 Å². The van der Waals surface area contributed by atoms with Crippen molar-refractivity contribution < 1.29 is 14.3 Å². The normalized spacial score (nSPS) is 10.7. The Morgan fingerprint density at radius 1 is 1.15 bits per heavy atom. The minimum absolute atomic E-state index is 0.289. The van der Waals surface area contributed by atoms with E-state index < -0.39 is 11.7 Å². The number of ether oxygens (including phenoxy) is 1. The minimum atomic E-state index is -0.668. The number of carbonyl (C=O) groups excluding carboxylic acids is 2. The summed E-state index contributed by atoms with van der Waals surface area (Å²) >= 11 is 12.0. The molecule has 26 heavy (non-hydrogen) atoms. The van der Waals surface area contributed by atoms with Crippen molar-refractivity contribution in [2.24, 2.45) is 0 Å². The van der Waals surface area contributed by atoms with Gasteiger partial charge in [-0.1, -0.05) is 29.3 Å². The molecule has 0 aliphatic heterocycles. The van der Waals surface area contributed by atoms with Crippen molar-refractivity contribution in [2.75, 3.05) is 13.7 Å². The number of hydrogen-bond acceptors (Lipinski definition) is 3. The van der Waals surface area contributed by atoms with Gasteiger partial charge in [0.05, 0.1) is 12.7 Å². The molecule has 0 aliphatic rings. The van der Waals surface area contributed by atoms with Crippen LogP contribution >= 0.6 is 23.2 Å². The van der Waals surface area contributed by atoms with E-state index in [0.29, 0.717) is 33.2 Å². The zero-order valence-electron chi connectivity index (χ0n) is 13.9. The fourth-order valence-corrected chi connectivity index (χ4v) is 3.16. The summed E-state index contributed by atoms with van der Waals surface area (Å²) in [7, 11) is 1.55. The van der Waals surface area contributed by atoms with Gasteiger partial charge in [-0.3, -0.25) is 9.59 Å². The Labute approximate surface area is 160 Å². The van der Waals surface area contributed by atoms with Gasteiger partial charge in [0.25, 0.3) is 11.7 Å². The van der Waals surface area contributed by atoms with Crippen molar-refractivity contribution in [1.82, 2.24) is 10.3 Å². The number of carbonyl (C=O) groups is 2. The summed E-state index contributed by atoms with van der Waals surface area (Å²) in [5.74, 6) is -0.658. The molecule has 0 atom stereocenters. The van der Waals surface area contributed by atoms with Crippen LogP contribution < -0.4 is 10.1 Å². The number of H-pyrrole nitrogens is 1. The standard InChI is InChI=1S/C19H16Cl2N2O3/c1-26-13-4-5-17-14(9-13)15(10-23-17)18(24)19(25)22-7-6-11-2-3-12(20)8-16(11)21/h2-5,8-10,23H,6-7H2,1H3,(H,22,25). The number of halogens is 2. The molecule has 0 saturated carbocycles. The number of aromatic amines is 1. The van der Waals surface area contributed by atoms with Crippen LogP contribution in [-0.4, -0.2) is 30.3 Å². The van der Waals surface area contributed by atoms with Crippen molar-refractivity contribution in [3.8, 4) is 5.75 Å². The lowest BCUT2D eigenvalue weighted by atomic mass is 10.1. The number of nitrogens with one attached hydrogen (secondary N) is 2. The van der Waals surface area contributed by atoms with Gasteiger partial charge >= 0.3 is 0 Å². The summed E-state index contributed by atoms with van der Waals surface area (Å²) in [5, 5.41) is 4.35. The quantitative estimate of drug-likeness (QED) is 0.493. The third-order valence-corrected chi connectivity index (χ3v) is 4.62. The summed E-state index contributed by atoms with van der Waals surface area (Å²) in [6.07, 6.45) is 2.03. The van der Waals surface area contributed by atoms with E-state index in [1.54, 1.807) is 43.5 Å². The molecule has 5 nitrogen and oxygen atoms in total. The van der Waals surface area contributed by atoms with E-state index in [-0.39, 0.29) is 6.54 Å². The Kier molecular flexibility index (Phi) is 5.49.